The molecule has 140 valence electrons. The molecule has 0 aliphatic carbocycles. The second-order valence-electron chi connectivity index (χ2n) is 7.83. The maximum atomic E-state index is 11.7. The van der Waals surface area contributed by atoms with Crippen LogP contribution in [0, 0.1) is 0 Å². The summed E-state index contributed by atoms with van der Waals surface area (Å²) in [6.45, 7) is 11.5. The predicted molar refractivity (Wildman–Crippen MR) is 104 cm³/mol. The molecule has 0 N–H and O–H groups in total. The van der Waals surface area contributed by atoms with Gasteiger partial charge in [-0.3, -0.25) is 0 Å². The number of carbonyl (C=O) groups excluding carboxylic acids is 1. The Hall–Kier alpha value is -2.14. The summed E-state index contributed by atoms with van der Waals surface area (Å²) in [4.78, 5) is 13.8. The van der Waals surface area contributed by atoms with E-state index >= 15 is 0 Å². The van der Waals surface area contributed by atoms with Crippen molar-refractivity contribution in [2.24, 2.45) is 0 Å². The Morgan fingerprint density at radius 3 is 1.62 bits per heavy atom. The summed E-state index contributed by atoms with van der Waals surface area (Å²) in [5.41, 5.74) is -0.783. The molecule has 0 bridgehead atoms. The van der Waals surface area contributed by atoms with Crippen molar-refractivity contribution in [1.82, 2.24) is 0 Å². The minimum Gasteiger partial charge on any atom is -0.488 e. The standard InChI is InChI=1S/C21H26O4S/c1-20(2,3)24-16-9-13-18(14-10-16)26-17-11-7-15(8-12-17)23-19(22)25-21(4,5)6/h7-14H,1-6H3. The van der Waals surface area contributed by atoms with Crippen LogP contribution in [0.3, 0.4) is 0 Å². The van der Waals surface area contributed by atoms with E-state index in [1.165, 1.54) is 0 Å². The molecular formula is C21H26O4S. The molecule has 0 atom stereocenters. The SMILES string of the molecule is CC(C)(C)OC(=O)Oc1ccc(Sc2ccc(OC(C)(C)C)cc2)cc1. The summed E-state index contributed by atoms with van der Waals surface area (Å²) >= 11 is 1.62. The van der Waals surface area contributed by atoms with Gasteiger partial charge in [-0.1, -0.05) is 11.8 Å². The highest BCUT2D eigenvalue weighted by atomic mass is 32.2. The first-order valence-corrected chi connectivity index (χ1v) is 9.30. The summed E-state index contributed by atoms with van der Waals surface area (Å²) in [5.74, 6) is 1.31. The smallest absolute Gasteiger partial charge is 0.488 e. The number of ether oxygens (including phenoxy) is 3. The van der Waals surface area contributed by atoms with Gasteiger partial charge in [0.2, 0.25) is 0 Å². The molecule has 2 aromatic carbocycles. The van der Waals surface area contributed by atoms with Crippen molar-refractivity contribution in [3.05, 3.63) is 48.5 Å². The van der Waals surface area contributed by atoms with E-state index in [1.54, 1.807) is 44.7 Å². The number of hydrogen-bond acceptors (Lipinski definition) is 5. The van der Waals surface area contributed by atoms with Crippen molar-refractivity contribution in [3.63, 3.8) is 0 Å². The van der Waals surface area contributed by atoms with Gasteiger partial charge in [0.05, 0.1) is 0 Å². The molecule has 0 radical (unpaired) electrons. The highest BCUT2D eigenvalue weighted by molar-refractivity contribution is 7.99. The van der Waals surface area contributed by atoms with Gasteiger partial charge in [0.1, 0.15) is 22.7 Å². The molecular weight excluding hydrogens is 348 g/mol. The first-order chi connectivity index (χ1) is 12.0. The van der Waals surface area contributed by atoms with E-state index in [0.717, 1.165) is 15.5 Å². The molecule has 5 heteroatoms. The normalized spacial score (nSPS) is 11.8. The summed E-state index contributed by atoms with van der Waals surface area (Å²) in [6.07, 6.45) is -0.702. The van der Waals surface area contributed by atoms with E-state index in [4.69, 9.17) is 14.2 Å². The van der Waals surface area contributed by atoms with Crippen LogP contribution < -0.4 is 9.47 Å². The number of rotatable bonds is 4. The Morgan fingerprint density at radius 2 is 1.19 bits per heavy atom. The first-order valence-electron chi connectivity index (χ1n) is 8.48. The van der Waals surface area contributed by atoms with Crippen LogP contribution in [0.2, 0.25) is 0 Å². The van der Waals surface area contributed by atoms with Gasteiger partial charge >= 0.3 is 6.16 Å². The van der Waals surface area contributed by atoms with Crippen molar-refractivity contribution >= 4 is 17.9 Å². The quantitative estimate of drug-likeness (QED) is 0.462. The minimum atomic E-state index is -0.702. The Kier molecular flexibility index (Phi) is 6.24. The molecule has 26 heavy (non-hydrogen) atoms. The Bertz CT molecular complexity index is 723. The van der Waals surface area contributed by atoms with E-state index in [0.29, 0.717) is 5.75 Å². The average molecular weight is 375 g/mol. The van der Waals surface area contributed by atoms with Crippen molar-refractivity contribution in [2.45, 2.75) is 62.5 Å². The zero-order chi connectivity index (χ0) is 19.4. The van der Waals surface area contributed by atoms with Gasteiger partial charge < -0.3 is 14.2 Å². The Morgan fingerprint density at radius 1 is 0.731 bits per heavy atom. The summed E-state index contributed by atoms with van der Waals surface area (Å²) in [5, 5.41) is 0. The number of hydrogen-bond donors (Lipinski definition) is 0. The lowest BCUT2D eigenvalue weighted by Gasteiger charge is -2.21. The number of benzene rings is 2. The van der Waals surface area contributed by atoms with Crippen LogP contribution in [0.4, 0.5) is 4.79 Å². The monoisotopic (exact) mass is 374 g/mol. The van der Waals surface area contributed by atoms with Gasteiger partial charge in [-0.05, 0) is 90.1 Å². The molecule has 0 saturated heterocycles. The molecule has 2 aromatic rings. The third-order valence-corrected chi connectivity index (χ3v) is 3.91. The van der Waals surface area contributed by atoms with Gasteiger partial charge in [0, 0.05) is 9.79 Å². The average Bonchev–Trinajstić information content (AvgIpc) is 2.48. The lowest BCUT2D eigenvalue weighted by molar-refractivity contribution is 0.0206. The van der Waals surface area contributed by atoms with Crippen LogP contribution in [0.5, 0.6) is 11.5 Å². The summed E-state index contributed by atoms with van der Waals surface area (Å²) in [7, 11) is 0. The fourth-order valence-corrected chi connectivity index (χ4v) is 2.82. The largest absolute Gasteiger partial charge is 0.514 e. The molecule has 0 aromatic heterocycles. The molecule has 0 spiro atoms. The van der Waals surface area contributed by atoms with Crippen molar-refractivity contribution < 1.29 is 19.0 Å². The number of carbonyl (C=O) groups is 1. The van der Waals surface area contributed by atoms with Gasteiger partial charge in [-0.25, -0.2) is 4.79 Å². The lowest BCUT2D eigenvalue weighted by Crippen LogP contribution is -2.25. The van der Waals surface area contributed by atoms with Gasteiger partial charge in [-0.15, -0.1) is 0 Å². The maximum Gasteiger partial charge on any atom is 0.514 e. The predicted octanol–water partition coefficient (Wildman–Crippen LogP) is 6.33. The Labute approximate surface area is 159 Å². The summed E-state index contributed by atoms with van der Waals surface area (Å²) < 4.78 is 16.1. The van der Waals surface area contributed by atoms with Crippen LogP contribution in [0.15, 0.2) is 58.3 Å². The van der Waals surface area contributed by atoms with E-state index in [1.807, 2.05) is 57.2 Å². The van der Waals surface area contributed by atoms with E-state index < -0.39 is 11.8 Å². The third kappa shape index (κ3) is 7.40. The van der Waals surface area contributed by atoms with Crippen molar-refractivity contribution in [3.8, 4) is 11.5 Å². The molecule has 0 unspecified atom stereocenters. The molecule has 0 heterocycles. The second kappa shape index (κ2) is 8.04. The highest BCUT2D eigenvalue weighted by Gasteiger charge is 2.18. The Balaban J connectivity index is 1.93. The first kappa shape index (κ1) is 20.2. The van der Waals surface area contributed by atoms with Crippen LogP contribution in [0.25, 0.3) is 0 Å². The van der Waals surface area contributed by atoms with Crippen LogP contribution in [-0.2, 0) is 4.74 Å². The lowest BCUT2D eigenvalue weighted by atomic mass is 10.2. The highest BCUT2D eigenvalue weighted by Crippen LogP contribution is 2.31. The fourth-order valence-electron chi connectivity index (χ4n) is 2.01. The van der Waals surface area contributed by atoms with Gasteiger partial charge in [-0.2, -0.15) is 0 Å². The van der Waals surface area contributed by atoms with E-state index in [2.05, 4.69) is 0 Å². The zero-order valence-electron chi connectivity index (χ0n) is 16.2. The van der Waals surface area contributed by atoms with E-state index in [9.17, 15) is 4.79 Å². The van der Waals surface area contributed by atoms with Gasteiger partial charge in [0.15, 0.2) is 0 Å². The second-order valence-corrected chi connectivity index (χ2v) is 8.97. The maximum absolute atomic E-state index is 11.7. The molecule has 0 fully saturated rings. The molecule has 0 amide bonds. The molecule has 4 nitrogen and oxygen atoms in total. The molecule has 2 rings (SSSR count). The van der Waals surface area contributed by atoms with E-state index in [-0.39, 0.29) is 5.60 Å². The summed E-state index contributed by atoms with van der Waals surface area (Å²) in [6, 6.07) is 15.3. The van der Waals surface area contributed by atoms with Crippen LogP contribution in [0.1, 0.15) is 41.5 Å². The zero-order valence-corrected chi connectivity index (χ0v) is 17.0. The third-order valence-electron chi connectivity index (χ3n) is 2.90. The molecule has 0 aliphatic heterocycles. The molecule has 0 aliphatic rings. The van der Waals surface area contributed by atoms with Crippen molar-refractivity contribution in [1.29, 1.82) is 0 Å². The molecule has 0 saturated carbocycles. The topological polar surface area (TPSA) is 44.8 Å². The van der Waals surface area contributed by atoms with Crippen LogP contribution >= 0.6 is 11.8 Å². The minimum absolute atomic E-state index is 0.210. The van der Waals surface area contributed by atoms with Crippen molar-refractivity contribution in [2.75, 3.05) is 0 Å². The van der Waals surface area contributed by atoms with Crippen LogP contribution in [-0.4, -0.2) is 17.4 Å². The van der Waals surface area contributed by atoms with Gasteiger partial charge in [0.25, 0.3) is 0 Å². The fraction of sp³-hybridized carbons (Fsp3) is 0.381.